The molecule has 104 valence electrons. The SMILES string of the molecule is C=CC(CCCCC)OC(=O)c1ccc(OC)cc1. The number of methoxy groups -OCH3 is 1. The smallest absolute Gasteiger partial charge is 0.338 e. The summed E-state index contributed by atoms with van der Waals surface area (Å²) in [7, 11) is 1.59. The standard InChI is InChI=1S/C16H22O3/c1-4-6-7-8-14(5-2)19-16(17)13-9-11-15(18-3)12-10-13/h5,9-12,14H,2,4,6-8H2,1,3H3. The summed E-state index contributed by atoms with van der Waals surface area (Å²) in [4.78, 5) is 11.9. The van der Waals surface area contributed by atoms with Crippen molar-refractivity contribution in [2.24, 2.45) is 0 Å². The summed E-state index contributed by atoms with van der Waals surface area (Å²) in [5.41, 5.74) is 0.531. The van der Waals surface area contributed by atoms with Gasteiger partial charge in [0.2, 0.25) is 0 Å². The van der Waals surface area contributed by atoms with Crippen molar-refractivity contribution in [1.29, 1.82) is 0 Å². The van der Waals surface area contributed by atoms with E-state index in [0.717, 1.165) is 31.4 Å². The number of unbranched alkanes of at least 4 members (excludes halogenated alkanes) is 2. The van der Waals surface area contributed by atoms with Crippen molar-refractivity contribution in [2.45, 2.75) is 38.7 Å². The van der Waals surface area contributed by atoms with E-state index in [9.17, 15) is 4.79 Å². The molecule has 0 aromatic heterocycles. The van der Waals surface area contributed by atoms with Gasteiger partial charge in [0.05, 0.1) is 12.7 Å². The molecule has 1 aromatic rings. The van der Waals surface area contributed by atoms with E-state index < -0.39 is 0 Å². The van der Waals surface area contributed by atoms with E-state index in [0.29, 0.717) is 5.56 Å². The van der Waals surface area contributed by atoms with Crippen molar-refractivity contribution in [2.75, 3.05) is 7.11 Å². The van der Waals surface area contributed by atoms with Crippen molar-refractivity contribution < 1.29 is 14.3 Å². The van der Waals surface area contributed by atoms with E-state index in [1.165, 1.54) is 0 Å². The number of hydrogen-bond donors (Lipinski definition) is 0. The zero-order valence-electron chi connectivity index (χ0n) is 11.7. The Bertz CT molecular complexity index is 395. The number of benzene rings is 1. The fourth-order valence-electron chi connectivity index (χ4n) is 1.75. The molecule has 1 atom stereocenters. The van der Waals surface area contributed by atoms with Gasteiger partial charge in [0, 0.05) is 0 Å². The number of esters is 1. The Kier molecular flexibility index (Phi) is 6.72. The number of carbonyl (C=O) groups is 1. The van der Waals surface area contributed by atoms with Crippen molar-refractivity contribution in [3.05, 3.63) is 42.5 Å². The summed E-state index contributed by atoms with van der Waals surface area (Å²) in [5.74, 6) is 0.406. The third kappa shape index (κ3) is 5.16. The Hall–Kier alpha value is -1.77. The summed E-state index contributed by atoms with van der Waals surface area (Å²) in [6.45, 7) is 5.86. The van der Waals surface area contributed by atoms with E-state index in [1.807, 2.05) is 0 Å². The Morgan fingerprint density at radius 3 is 2.53 bits per heavy atom. The predicted octanol–water partition coefficient (Wildman–Crippen LogP) is 3.99. The van der Waals surface area contributed by atoms with Gasteiger partial charge in [-0.15, -0.1) is 0 Å². The van der Waals surface area contributed by atoms with Gasteiger partial charge in [0.1, 0.15) is 11.9 Å². The molecule has 0 bridgehead atoms. The highest BCUT2D eigenvalue weighted by atomic mass is 16.5. The van der Waals surface area contributed by atoms with Crippen LogP contribution in [-0.2, 0) is 4.74 Å². The minimum Gasteiger partial charge on any atom is -0.497 e. The number of hydrogen-bond acceptors (Lipinski definition) is 3. The lowest BCUT2D eigenvalue weighted by Crippen LogP contribution is -2.16. The van der Waals surface area contributed by atoms with Crippen LogP contribution in [0.3, 0.4) is 0 Å². The zero-order valence-corrected chi connectivity index (χ0v) is 11.7. The molecule has 0 aliphatic rings. The van der Waals surface area contributed by atoms with E-state index in [4.69, 9.17) is 9.47 Å². The summed E-state index contributed by atoms with van der Waals surface area (Å²) in [6, 6.07) is 6.90. The van der Waals surface area contributed by atoms with Crippen LogP contribution in [0.5, 0.6) is 5.75 Å². The molecule has 0 saturated heterocycles. The Labute approximate surface area is 115 Å². The highest BCUT2D eigenvalue weighted by Crippen LogP contribution is 2.14. The van der Waals surface area contributed by atoms with Crippen LogP contribution in [0.4, 0.5) is 0 Å². The summed E-state index contributed by atoms with van der Waals surface area (Å²) in [5, 5.41) is 0. The molecule has 3 nitrogen and oxygen atoms in total. The molecule has 0 amide bonds. The van der Waals surface area contributed by atoms with Gasteiger partial charge in [-0.3, -0.25) is 0 Å². The zero-order chi connectivity index (χ0) is 14.1. The van der Waals surface area contributed by atoms with Crippen LogP contribution in [0.15, 0.2) is 36.9 Å². The van der Waals surface area contributed by atoms with Crippen LogP contribution >= 0.6 is 0 Å². The molecule has 0 saturated carbocycles. The third-order valence-electron chi connectivity index (χ3n) is 2.94. The first-order valence-corrected chi connectivity index (χ1v) is 6.68. The second kappa shape index (κ2) is 8.35. The van der Waals surface area contributed by atoms with Crippen LogP contribution in [-0.4, -0.2) is 19.2 Å². The maximum absolute atomic E-state index is 11.9. The van der Waals surface area contributed by atoms with Crippen molar-refractivity contribution in [3.8, 4) is 5.75 Å². The van der Waals surface area contributed by atoms with Crippen LogP contribution in [0.25, 0.3) is 0 Å². The van der Waals surface area contributed by atoms with Gasteiger partial charge in [-0.2, -0.15) is 0 Å². The third-order valence-corrected chi connectivity index (χ3v) is 2.94. The molecular weight excluding hydrogens is 240 g/mol. The first-order chi connectivity index (χ1) is 9.21. The number of rotatable bonds is 8. The molecule has 0 fully saturated rings. The van der Waals surface area contributed by atoms with Crippen LogP contribution in [0.1, 0.15) is 43.0 Å². The van der Waals surface area contributed by atoms with Crippen molar-refractivity contribution >= 4 is 5.97 Å². The van der Waals surface area contributed by atoms with Gasteiger partial charge in [0.15, 0.2) is 0 Å². The molecule has 0 radical (unpaired) electrons. The number of ether oxygens (including phenoxy) is 2. The lowest BCUT2D eigenvalue weighted by atomic mass is 10.1. The molecular formula is C16H22O3. The molecule has 1 aromatic carbocycles. The van der Waals surface area contributed by atoms with Gasteiger partial charge in [0.25, 0.3) is 0 Å². The average molecular weight is 262 g/mol. The van der Waals surface area contributed by atoms with E-state index >= 15 is 0 Å². The highest BCUT2D eigenvalue weighted by Gasteiger charge is 2.12. The van der Waals surface area contributed by atoms with Crippen LogP contribution in [0.2, 0.25) is 0 Å². The monoisotopic (exact) mass is 262 g/mol. The molecule has 1 rings (SSSR count). The minimum absolute atomic E-state index is 0.207. The van der Waals surface area contributed by atoms with Gasteiger partial charge < -0.3 is 9.47 Å². The first kappa shape index (κ1) is 15.3. The summed E-state index contributed by atoms with van der Waals surface area (Å²) < 4.78 is 10.5. The molecule has 0 aliphatic heterocycles. The molecule has 1 unspecified atom stereocenters. The van der Waals surface area contributed by atoms with Gasteiger partial charge in [-0.25, -0.2) is 4.79 Å². The second-order valence-electron chi connectivity index (χ2n) is 4.40. The maximum atomic E-state index is 11.9. The first-order valence-electron chi connectivity index (χ1n) is 6.68. The van der Waals surface area contributed by atoms with Gasteiger partial charge >= 0.3 is 5.97 Å². The molecule has 0 aliphatic carbocycles. The van der Waals surface area contributed by atoms with E-state index in [1.54, 1.807) is 37.5 Å². The Balaban J connectivity index is 2.53. The lowest BCUT2D eigenvalue weighted by Gasteiger charge is -2.14. The molecule has 0 N–H and O–H groups in total. The predicted molar refractivity (Wildman–Crippen MR) is 76.5 cm³/mol. The molecule has 19 heavy (non-hydrogen) atoms. The quantitative estimate of drug-likeness (QED) is 0.404. The molecule has 0 heterocycles. The van der Waals surface area contributed by atoms with Crippen molar-refractivity contribution in [3.63, 3.8) is 0 Å². The lowest BCUT2D eigenvalue weighted by molar-refractivity contribution is 0.0377. The highest BCUT2D eigenvalue weighted by molar-refractivity contribution is 5.89. The Morgan fingerprint density at radius 2 is 2.00 bits per heavy atom. The van der Waals surface area contributed by atoms with Crippen molar-refractivity contribution in [1.82, 2.24) is 0 Å². The Morgan fingerprint density at radius 1 is 1.32 bits per heavy atom. The normalized spacial score (nSPS) is 11.7. The van der Waals surface area contributed by atoms with Crippen LogP contribution in [0, 0.1) is 0 Å². The van der Waals surface area contributed by atoms with Crippen LogP contribution < -0.4 is 4.74 Å². The molecule has 3 heteroatoms. The maximum Gasteiger partial charge on any atom is 0.338 e. The molecule has 0 spiro atoms. The summed E-state index contributed by atoms with van der Waals surface area (Å²) in [6.07, 6.45) is 5.65. The van der Waals surface area contributed by atoms with E-state index in [2.05, 4.69) is 13.5 Å². The summed E-state index contributed by atoms with van der Waals surface area (Å²) >= 11 is 0. The fraction of sp³-hybridized carbons (Fsp3) is 0.438. The second-order valence-corrected chi connectivity index (χ2v) is 4.40. The largest absolute Gasteiger partial charge is 0.497 e. The topological polar surface area (TPSA) is 35.5 Å². The fourth-order valence-corrected chi connectivity index (χ4v) is 1.75. The van der Waals surface area contributed by atoms with E-state index in [-0.39, 0.29) is 12.1 Å². The van der Waals surface area contributed by atoms with Gasteiger partial charge in [-0.1, -0.05) is 32.4 Å². The average Bonchev–Trinajstić information content (AvgIpc) is 2.46. The number of carbonyl (C=O) groups excluding carboxylic acids is 1. The minimum atomic E-state index is -0.316. The van der Waals surface area contributed by atoms with Gasteiger partial charge in [-0.05, 0) is 37.1 Å².